The number of halogens is 1. The molecule has 3 rings (SSSR count). The Kier molecular flexibility index (Phi) is 5.83. The van der Waals surface area contributed by atoms with Crippen LogP contribution in [0.4, 0.5) is 0 Å². The van der Waals surface area contributed by atoms with Crippen molar-refractivity contribution in [2.75, 3.05) is 21.3 Å². The smallest absolute Gasteiger partial charge is 0.283 e. The molecule has 1 aromatic heterocycles. The lowest BCUT2D eigenvalue weighted by Gasteiger charge is -2.13. The number of carbonyl (C=O) groups is 1. The molecule has 1 heterocycles. The number of fused-ring (bicyclic) bond motifs is 1. The van der Waals surface area contributed by atoms with E-state index in [-0.39, 0.29) is 5.91 Å². The van der Waals surface area contributed by atoms with Gasteiger partial charge in [-0.1, -0.05) is 29.8 Å². The van der Waals surface area contributed by atoms with Gasteiger partial charge in [0.05, 0.1) is 32.6 Å². The number of thiophene rings is 1. The van der Waals surface area contributed by atoms with E-state index >= 15 is 0 Å². The number of carbonyl (C=O) groups excluding carboxylic acids is 1. The minimum absolute atomic E-state index is 0.378. The van der Waals surface area contributed by atoms with Gasteiger partial charge in [-0.15, -0.1) is 11.3 Å². The molecule has 0 spiro atoms. The second-order valence-corrected chi connectivity index (χ2v) is 6.79. The number of nitrogens with zero attached hydrogens (tertiary/aromatic N) is 1. The predicted molar refractivity (Wildman–Crippen MR) is 108 cm³/mol. The molecule has 140 valence electrons. The van der Waals surface area contributed by atoms with Crippen LogP contribution in [0.3, 0.4) is 0 Å². The maximum absolute atomic E-state index is 12.4. The Bertz CT molecular complexity index is 1020. The van der Waals surface area contributed by atoms with Gasteiger partial charge < -0.3 is 14.2 Å². The predicted octanol–water partition coefficient (Wildman–Crippen LogP) is 4.34. The van der Waals surface area contributed by atoms with Crippen LogP contribution in [-0.4, -0.2) is 33.5 Å². The van der Waals surface area contributed by atoms with Gasteiger partial charge in [0.25, 0.3) is 5.91 Å². The zero-order valence-electron chi connectivity index (χ0n) is 14.9. The van der Waals surface area contributed by atoms with Crippen LogP contribution in [0.1, 0.15) is 15.2 Å². The summed E-state index contributed by atoms with van der Waals surface area (Å²) >= 11 is 7.63. The maximum Gasteiger partial charge on any atom is 0.283 e. The molecule has 3 aromatic rings. The van der Waals surface area contributed by atoms with Crippen molar-refractivity contribution in [1.29, 1.82) is 0 Å². The first-order valence-electron chi connectivity index (χ1n) is 7.90. The highest BCUT2D eigenvalue weighted by Crippen LogP contribution is 2.39. The molecular formula is C19H17ClN2O4S. The number of hydrazone groups is 1. The molecule has 0 saturated heterocycles. The first-order valence-corrected chi connectivity index (χ1v) is 9.09. The maximum atomic E-state index is 12.4. The van der Waals surface area contributed by atoms with Crippen molar-refractivity contribution < 1.29 is 19.0 Å². The highest BCUT2D eigenvalue weighted by molar-refractivity contribution is 7.21. The van der Waals surface area contributed by atoms with Crippen LogP contribution in [0, 0.1) is 0 Å². The van der Waals surface area contributed by atoms with Crippen LogP contribution in [-0.2, 0) is 0 Å². The van der Waals surface area contributed by atoms with Gasteiger partial charge in [-0.2, -0.15) is 5.10 Å². The molecule has 0 saturated carbocycles. The van der Waals surface area contributed by atoms with E-state index in [9.17, 15) is 4.79 Å². The van der Waals surface area contributed by atoms with Gasteiger partial charge in [-0.25, -0.2) is 5.43 Å². The van der Waals surface area contributed by atoms with E-state index in [4.69, 9.17) is 25.8 Å². The van der Waals surface area contributed by atoms with Gasteiger partial charge in [0.15, 0.2) is 11.5 Å². The minimum Gasteiger partial charge on any atom is -0.493 e. The summed E-state index contributed by atoms with van der Waals surface area (Å²) in [4.78, 5) is 12.8. The number of amides is 1. The van der Waals surface area contributed by atoms with Gasteiger partial charge in [0, 0.05) is 15.6 Å². The summed E-state index contributed by atoms with van der Waals surface area (Å²) in [6.07, 6.45) is 1.47. The van der Waals surface area contributed by atoms with E-state index in [1.807, 2.05) is 24.3 Å². The van der Waals surface area contributed by atoms with Crippen molar-refractivity contribution in [1.82, 2.24) is 5.43 Å². The molecule has 0 aliphatic carbocycles. The second-order valence-electron chi connectivity index (χ2n) is 5.36. The lowest BCUT2D eigenvalue weighted by molar-refractivity contribution is 0.0959. The molecule has 1 N–H and O–H groups in total. The summed E-state index contributed by atoms with van der Waals surface area (Å²) in [6, 6.07) is 11.1. The monoisotopic (exact) mass is 404 g/mol. The van der Waals surface area contributed by atoms with Crippen molar-refractivity contribution in [2.45, 2.75) is 0 Å². The largest absolute Gasteiger partial charge is 0.493 e. The fourth-order valence-electron chi connectivity index (χ4n) is 2.60. The molecule has 0 unspecified atom stereocenters. The number of benzene rings is 2. The molecule has 0 fully saturated rings. The van der Waals surface area contributed by atoms with E-state index in [0.29, 0.717) is 32.7 Å². The van der Waals surface area contributed by atoms with Crippen molar-refractivity contribution in [3.05, 3.63) is 51.9 Å². The average Bonchev–Trinajstić information content (AvgIpc) is 3.04. The third kappa shape index (κ3) is 3.70. The fraction of sp³-hybridized carbons (Fsp3) is 0.158. The van der Waals surface area contributed by atoms with Crippen molar-refractivity contribution in [3.8, 4) is 17.2 Å². The SMILES string of the molecule is COc1ccc(/C=N/NC(=O)c2sc3ccccc3c2Cl)c(OC)c1OC. The Balaban J connectivity index is 1.82. The van der Waals surface area contributed by atoms with Gasteiger partial charge in [-0.3, -0.25) is 4.79 Å². The Morgan fingerprint density at radius 1 is 1.07 bits per heavy atom. The van der Waals surface area contributed by atoms with Crippen LogP contribution in [0.5, 0.6) is 17.2 Å². The number of hydrogen-bond acceptors (Lipinski definition) is 6. The summed E-state index contributed by atoms with van der Waals surface area (Å²) in [5.74, 6) is 1.06. The van der Waals surface area contributed by atoms with Gasteiger partial charge in [-0.05, 0) is 18.2 Å². The molecule has 1 amide bonds. The molecule has 0 radical (unpaired) electrons. The van der Waals surface area contributed by atoms with Gasteiger partial charge in [0.2, 0.25) is 5.75 Å². The van der Waals surface area contributed by atoms with Gasteiger partial charge in [0.1, 0.15) is 4.88 Å². The normalized spacial score (nSPS) is 11.0. The Morgan fingerprint density at radius 2 is 1.81 bits per heavy atom. The molecule has 27 heavy (non-hydrogen) atoms. The quantitative estimate of drug-likeness (QED) is 0.490. The molecule has 6 nitrogen and oxygen atoms in total. The average molecular weight is 405 g/mol. The topological polar surface area (TPSA) is 69.2 Å². The Hall–Kier alpha value is -2.77. The first kappa shape index (κ1) is 19.0. The zero-order chi connectivity index (χ0) is 19.4. The summed E-state index contributed by atoms with van der Waals surface area (Å²) in [5, 5.41) is 5.29. The number of methoxy groups -OCH3 is 3. The van der Waals surface area contributed by atoms with Gasteiger partial charge >= 0.3 is 0 Å². The van der Waals surface area contributed by atoms with Crippen LogP contribution in [0.25, 0.3) is 10.1 Å². The second kappa shape index (κ2) is 8.28. The van der Waals surface area contributed by atoms with Crippen molar-refractivity contribution >= 4 is 45.1 Å². The lowest BCUT2D eigenvalue weighted by atomic mass is 10.2. The van der Waals surface area contributed by atoms with Crippen LogP contribution in [0.15, 0.2) is 41.5 Å². The Labute approximate surface area is 165 Å². The molecule has 0 aliphatic rings. The molecule has 0 aliphatic heterocycles. The lowest BCUT2D eigenvalue weighted by Crippen LogP contribution is -2.16. The summed E-state index contributed by atoms with van der Waals surface area (Å²) in [7, 11) is 4.58. The molecule has 2 aromatic carbocycles. The molecule has 0 bridgehead atoms. The molecule has 0 atom stereocenters. The first-order chi connectivity index (χ1) is 13.1. The number of ether oxygens (including phenoxy) is 3. The summed E-state index contributed by atoms with van der Waals surface area (Å²) in [6.45, 7) is 0. The van der Waals surface area contributed by atoms with E-state index in [1.54, 1.807) is 19.2 Å². The van der Waals surface area contributed by atoms with E-state index in [2.05, 4.69) is 10.5 Å². The Morgan fingerprint density at radius 3 is 2.48 bits per heavy atom. The highest BCUT2D eigenvalue weighted by atomic mass is 35.5. The number of rotatable bonds is 6. The zero-order valence-corrected chi connectivity index (χ0v) is 16.5. The van der Waals surface area contributed by atoms with Crippen LogP contribution < -0.4 is 19.6 Å². The standard InChI is InChI=1S/C19H17ClN2O4S/c1-24-13-9-8-11(16(25-2)17(13)26-3)10-21-22-19(23)18-15(20)12-6-4-5-7-14(12)27-18/h4-10H,1-3H3,(H,22,23)/b21-10+. The molecular weight excluding hydrogens is 388 g/mol. The van der Waals surface area contributed by atoms with E-state index < -0.39 is 0 Å². The summed E-state index contributed by atoms with van der Waals surface area (Å²) in [5.41, 5.74) is 3.12. The van der Waals surface area contributed by atoms with Crippen LogP contribution in [0.2, 0.25) is 5.02 Å². The highest BCUT2D eigenvalue weighted by Gasteiger charge is 2.17. The number of nitrogens with one attached hydrogen (secondary N) is 1. The van der Waals surface area contributed by atoms with Crippen LogP contribution >= 0.6 is 22.9 Å². The van der Waals surface area contributed by atoms with E-state index in [1.165, 1.54) is 31.8 Å². The fourth-order valence-corrected chi connectivity index (χ4v) is 4.00. The minimum atomic E-state index is -0.378. The third-order valence-corrected chi connectivity index (χ3v) is 5.52. The van der Waals surface area contributed by atoms with E-state index in [0.717, 1.165) is 10.1 Å². The third-order valence-electron chi connectivity index (χ3n) is 3.85. The van der Waals surface area contributed by atoms with Crippen molar-refractivity contribution in [2.24, 2.45) is 5.10 Å². The molecule has 8 heteroatoms. The summed E-state index contributed by atoms with van der Waals surface area (Å²) < 4.78 is 16.9. The van der Waals surface area contributed by atoms with Crippen molar-refractivity contribution in [3.63, 3.8) is 0 Å². The number of hydrogen-bond donors (Lipinski definition) is 1.